The maximum atomic E-state index is 13.3. The minimum absolute atomic E-state index is 0.0340. The van der Waals surface area contributed by atoms with Crippen molar-refractivity contribution in [2.24, 2.45) is 0 Å². The smallest absolute Gasteiger partial charge is 0.356 e. The largest absolute Gasteiger partial charge is 0.484 e. The SMILES string of the molecule is C=C(CCNC(=O)c1ccnc(C(=O)OCC)c1)NC(=O)COc1ccc(Cl)c(F)c1. The number of carbonyl (C=O) groups excluding carboxylic acids is 3. The van der Waals surface area contributed by atoms with E-state index < -0.39 is 23.6 Å². The third-order valence-electron chi connectivity index (χ3n) is 3.80. The van der Waals surface area contributed by atoms with Gasteiger partial charge in [-0.3, -0.25) is 9.59 Å². The number of halogens is 2. The monoisotopic (exact) mass is 449 g/mol. The zero-order chi connectivity index (χ0) is 22.8. The Morgan fingerprint density at radius 2 is 2.00 bits per heavy atom. The van der Waals surface area contributed by atoms with Crippen LogP contribution in [0.15, 0.2) is 48.8 Å². The van der Waals surface area contributed by atoms with E-state index in [-0.39, 0.29) is 48.2 Å². The fraction of sp³-hybridized carbons (Fsp3) is 0.238. The molecule has 1 heterocycles. The molecular formula is C21H21ClFN3O5. The highest BCUT2D eigenvalue weighted by Crippen LogP contribution is 2.20. The van der Waals surface area contributed by atoms with Crippen LogP contribution in [0.2, 0.25) is 5.02 Å². The highest BCUT2D eigenvalue weighted by molar-refractivity contribution is 6.30. The van der Waals surface area contributed by atoms with Crippen LogP contribution in [-0.2, 0) is 9.53 Å². The summed E-state index contributed by atoms with van der Waals surface area (Å²) in [5, 5.41) is 5.14. The minimum atomic E-state index is -0.650. The van der Waals surface area contributed by atoms with Gasteiger partial charge in [0.15, 0.2) is 6.61 Å². The number of pyridine rings is 1. The molecule has 1 aromatic carbocycles. The molecule has 2 N–H and O–H groups in total. The Hall–Kier alpha value is -3.46. The number of nitrogens with zero attached hydrogens (tertiary/aromatic N) is 1. The molecule has 2 rings (SSSR count). The second-order valence-electron chi connectivity index (χ2n) is 6.17. The summed E-state index contributed by atoms with van der Waals surface area (Å²) < 4.78 is 23.4. The molecule has 0 aliphatic rings. The number of ether oxygens (including phenoxy) is 2. The van der Waals surface area contributed by atoms with E-state index in [0.717, 1.165) is 6.07 Å². The average Bonchev–Trinajstić information content (AvgIpc) is 2.74. The lowest BCUT2D eigenvalue weighted by molar-refractivity contribution is -0.122. The molecule has 0 atom stereocenters. The zero-order valence-corrected chi connectivity index (χ0v) is 17.5. The highest BCUT2D eigenvalue weighted by Gasteiger charge is 2.13. The molecule has 8 nitrogen and oxygen atoms in total. The van der Waals surface area contributed by atoms with Gasteiger partial charge in [0.2, 0.25) is 0 Å². The molecule has 0 fully saturated rings. The number of carbonyl (C=O) groups is 3. The van der Waals surface area contributed by atoms with E-state index in [0.29, 0.717) is 5.70 Å². The highest BCUT2D eigenvalue weighted by atomic mass is 35.5. The van der Waals surface area contributed by atoms with Crippen molar-refractivity contribution in [2.75, 3.05) is 19.8 Å². The van der Waals surface area contributed by atoms with Crippen molar-refractivity contribution in [3.8, 4) is 5.75 Å². The van der Waals surface area contributed by atoms with Crippen LogP contribution in [0.4, 0.5) is 4.39 Å². The molecule has 0 aliphatic heterocycles. The Morgan fingerprint density at radius 3 is 2.71 bits per heavy atom. The summed E-state index contributed by atoms with van der Waals surface area (Å²) in [4.78, 5) is 39.7. The van der Waals surface area contributed by atoms with Crippen molar-refractivity contribution < 1.29 is 28.2 Å². The van der Waals surface area contributed by atoms with Gasteiger partial charge in [-0.2, -0.15) is 0 Å². The quantitative estimate of drug-likeness (QED) is 0.540. The first-order chi connectivity index (χ1) is 14.8. The number of nitrogens with one attached hydrogen (secondary N) is 2. The Morgan fingerprint density at radius 1 is 1.23 bits per heavy atom. The topological polar surface area (TPSA) is 107 Å². The molecule has 164 valence electrons. The first-order valence-corrected chi connectivity index (χ1v) is 9.64. The van der Waals surface area contributed by atoms with Gasteiger partial charge in [0.25, 0.3) is 11.8 Å². The number of aromatic nitrogens is 1. The first-order valence-electron chi connectivity index (χ1n) is 9.27. The molecule has 0 unspecified atom stereocenters. The Labute approximate surface area is 183 Å². The van der Waals surface area contributed by atoms with Gasteiger partial charge in [-0.15, -0.1) is 0 Å². The van der Waals surface area contributed by atoms with Gasteiger partial charge in [0.05, 0.1) is 11.6 Å². The molecule has 1 aromatic heterocycles. The van der Waals surface area contributed by atoms with E-state index in [1.165, 1.54) is 30.5 Å². The van der Waals surface area contributed by atoms with E-state index in [9.17, 15) is 18.8 Å². The van der Waals surface area contributed by atoms with Crippen LogP contribution in [0.5, 0.6) is 5.75 Å². The van der Waals surface area contributed by atoms with Gasteiger partial charge < -0.3 is 20.1 Å². The number of benzene rings is 1. The average molecular weight is 450 g/mol. The van der Waals surface area contributed by atoms with Gasteiger partial charge in [-0.05, 0) is 31.2 Å². The van der Waals surface area contributed by atoms with Crippen molar-refractivity contribution >= 4 is 29.4 Å². The van der Waals surface area contributed by atoms with E-state index in [1.807, 2.05) is 0 Å². The van der Waals surface area contributed by atoms with Crippen LogP contribution < -0.4 is 15.4 Å². The van der Waals surface area contributed by atoms with Crippen molar-refractivity contribution in [2.45, 2.75) is 13.3 Å². The number of rotatable bonds is 10. The predicted molar refractivity (Wildman–Crippen MR) is 111 cm³/mol. The minimum Gasteiger partial charge on any atom is -0.484 e. The normalized spacial score (nSPS) is 10.2. The van der Waals surface area contributed by atoms with Gasteiger partial charge in [-0.1, -0.05) is 18.2 Å². The van der Waals surface area contributed by atoms with Gasteiger partial charge in [0.1, 0.15) is 17.3 Å². The van der Waals surface area contributed by atoms with Gasteiger partial charge in [0, 0.05) is 36.5 Å². The summed E-state index contributed by atoms with van der Waals surface area (Å²) >= 11 is 5.58. The van der Waals surface area contributed by atoms with Crippen molar-refractivity contribution in [1.82, 2.24) is 15.6 Å². The molecule has 0 saturated heterocycles. The summed E-state index contributed by atoms with van der Waals surface area (Å²) in [6, 6.07) is 6.64. The molecule has 2 amide bonds. The van der Waals surface area contributed by atoms with E-state index in [2.05, 4.69) is 22.2 Å². The summed E-state index contributed by atoms with van der Waals surface area (Å²) in [6.45, 7) is 5.43. The molecule has 0 radical (unpaired) electrons. The fourth-order valence-corrected chi connectivity index (χ4v) is 2.45. The fourth-order valence-electron chi connectivity index (χ4n) is 2.33. The molecule has 31 heavy (non-hydrogen) atoms. The van der Waals surface area contributed by atoms with Gasteiger partial charge >= 0.3 is 5.97 Å². The number of hydrogen-bond acceptors (Lipinski definition) is 6. The molecule has 2 aromatic rings. The molecule has 0 aliphatic carbocycles. The Balaban J connectivity index is 1.74. The number of hydrogen-bond donors (Lipinski definition) is 2. The third-order valence-corrected chi connectivity index (χ3v) is 4.10. The summed E-state index contributed by atoms with van der Waals surface area (Å²) in [6.07, 6.45) is 1.61. The van der Waals surface area contributed by atoms with Crippen LogP contribution in [-0.4, -0.2) is 42.5 Å². The lowest BCUT2D eigenvalue weighted by Gasteiger charge is -2.11. The van der Waals surface area contributed by atoms with E-state index >= 15 is 0 Å². The number of amides is 2. The molecule has 0 spiro atoms. The van der Waals surface area contributed by atoms with Gasteiger partial charge in [-0.25, -0.2) is 14.2 Å². The van der Waals surface area contributed by atoms with Crippen molar-refractivity contribution in [3.63, 3.8) is 0 Å². The second-order valence-corrected chi connectivity index (χ2v) is 6.58. The van der Waals surface area contributed by atoms with E-state index in [1.54, 1.807) is 6.92 Å². The van der Waals surface area contributed by atoms with Crippen LogP contribution >= 0.6 is 11.6 Å². The number of esters is 1. The third kappa shape index (κ3) is 7.71. The summed E-state index contributed by atoms with van der Waals surface area (Å²) in [5.41, 5.74) is 0.640. The standard InChI is InChI=1S/C21H21ClFN3O5/c1-3-30-21(29)18-10-14(7-9-24-18)20(28)25-8-6-13(2)26-19(27)12-31-15-4-5-16(22)17(23)11-15/h4-5,7,9-11H,2-3,6,8,12H2,1H3,(H,25,28)(H,26,27). The second kappa shape index (κ2) is 11.7. The molecule has 0 saturated carbocycles. The predicted octanol–water partition coefficient (Wildman–Crippen LogP) is 2.88. The summed E-state index contributed by atoms with van der Waals surface area (Å²) in [5.74, 6) is -2.00. The van der Waals surface area contributed by atoms with E-state index in [4.69, 9.17) is 21.1 Å². The first kappa shape index (κ1) is 23.8. The maximum Gasteiger partial charge on any atom is 0.356 e. The lowest BCUT2D eigenvalue weighted by atomic mass is 10.2. The molecular weight excluding hydrogens is 429 g/mol. The van der Waals surface area contributed by atoms with Crippen molar-refractivity contribution in [3.05, 3.63) is 70.9 Å². The van der Waals surface area contributed by atoms with Crippen molar-refractivity contribution in [1.29, 1.82) is 0 Å². The summed E-state index contributed by atoms with van der Waals surface area (Å²) in [7, 11) is 0. The van der Waals surface area contributed by atoms with Crippen LogP contribution in [0, 0.1) is 5.82 Å². The Kier molecular flexibility index (Phi) is 8.95. The zero-order valence-electron chi connectivity index (χ0n) is 16.7. The van der Waals surface area contributed by atoms with Crippen LogP contribution in [0.25, 0.3) is 0 Å². The lowest BCUT2D eigenvalue weighted by Crippen LogP contribution is -2.31. The van der Waals surface area contributed by atoms with Crippen LogP contribution in [0.3, 0.4) is 0 Å². The van der Waals surface area contributed by atoms with Crippen LogP contribution in [0.1, 0.15) is 34.2 Å². The maximum absolute atomic E-state index is 13.3. The molecule has 0 bridgehead atoms. The Bertz CT molecular complexity index is 983. The molecule has 10 heteroatoms.